The van der Waals surface area contributed by atoms with Gasteiger partial charge < -0.3 is 20.5 Å². The molecule has 0 saturated heterocycles. The Bertz CT molecular complexity index is 488. The standard InChI is InChI=1S/C14H20N2O4/c1-4-5-10(15)13(17)14(18)16-11-8-9(19-2)6-7-12(11)20-3/h6-8,10H,4-5,15H2,1-3H3,(H,16,18). The molecule has 0 fully saturated rings. The highest BCUT2D eigenvalue weighted by atomic mass is 16.5. The van der Waals surface area contributed by atoms with Crippen molar-refractivity contribution in [2.75, 3.05) is 19.5 Å². The molecule has 0 aliphatic rings. The normalized spacial score (nSPS) is 11.6. The summed E-state index contributed by atoms with van der Waals surface area (Å²) in [7, 11) is 2.98. The highest BCUT2D eigenvalue weighted by molar-refractivity contribution is 6.42. The van der Waals surface area contributed by atoms with Gasteiger partial charge in [-0.05, 0) is 18.6 Å². The summed E-state index contributed by atoms with van der Waals surface area (Å²) in [5.74, 6) is -0.406. The first kappa shape index (κ1) is 16.0. The molecule has 110 valence electrons. The van der Waals surface area contributed by atoms with Crippen LogP contribution < -0.4 is 20.5 Å². The summed E-state index contributed by atoms with van der Waals surface area (Å²) in [6, 6.07) is 4.14. The molecule has 0 saturated carbocycles. The van der Waals surface area contributed by atoms with E-state index in [1.165, 1.54) is 14.2 Å². The van der Waals surface area contributed by atoms with Crippen LogP contribution in [0.1, 0.15) is 19.8 Å². The SMILES string of the molecule is CCCC(N)C(=O)C(=O)Nc1cc(OC)ccc1OC. The molecule has 6 heteroatoms. The molecule has 1 rings (SSSR count). The van der Waals surface area contributed by atoms with Crippen LogP contribution in [0.25, 0.3) is 0 Å². The second-order valence-corrected chi connectivity index (χ2v) is 4.28. The minimum Gasteiger partial charge on any atom is -0.497 e. The zero-order valence-electron chi connectivity index (χ0n) is 11.9. The number of carbonyl (C=O) groups is 2. The number of anilines is 1. The first-order chi connectivity index (χ1) is 9.53. The summed E-state index contributed by atoms with van der Waals surface area (Å²) in [5.41, 5.74) is 6.01. The van der Waals surface area contributed by atoms with Crippen LogP contribution in [0.5, 0.6) is 11.5 Å². The van der Waals surface area contributed by atoms with E-state index in [0.717, 1.165) is 6.42 Å². The molecule has 1 aromatic carbocycles. The summed E-state index contributed by atoms with van der Waals surface area (Å²) in [6.07, 6.45) is 1.21. The predicted molar refractivity (Wildman–Crippen MR) is 76.1 cm³/mol. The van der Waals surface area contributed by atoms with E-state index in [9.17, 15) is 9.59 Å². The van der Waals surface area contributed by atoms with Gasteiger partial charge in [-0.2, -0.15) is 0 Å². The maximum Gasteiger partial charge on any atom is 0.293 e. The highest BCUT2D eigenvalue weighted by Gasteiger charge is 2.22. The Balaban J connectivity index is 2.86. The second kappa shape index (κ2) is 7.49. The molecule has 0 radical (unpaired) electrons. The van der Waals surface area contributed by atoms with Gasteiger partial charge in [-0.25, -0.2) is 0 Å². The lowest BCUT2D eigenvalue weighted by Gasteiger charge is -2.13. The van der Waals surface area contributed by atoms with Crippen molar-refractivity contribution >= 4 is 17.4 Å². The van der Waals surface area contributed by atoms with Gasteiger partial charge in [0.1, 0.15) is 11.5 Å². The number of hydrogen-bond acceptors (Lipinski definition) is 5. The zero-order chi connectivity index (χ0) is 15.1. The van der Waals surface area contributed by atoms with Gasteiger partial charge in [0.15, 0.2) is 0 Å². The van der Waals surface area contributed by atoms with Crippen molar-refractivity contribution in [1.29, 1.82) is 0 Å². The average molecular weight is 280 g/mol. The number of benzene rings is 1. The largest absolute Gasteiger partial charge is 0.497 e. The van der Waals surface area contributed by atoms with Gasteiger partial charge in [0, 0.05) is 6.07 Å². The quantitative estimate of drug-likeness (QED) is 0.735. The third kappa shape index (κ3) is 3.96. The number of nitrogens with one attached hydrogen (secondary N) is 1. The number of hydrogen-bond donors (Lipinski definition) is 2. The smallest absolute Gasteiger partial charge is 0.293 e. The second-order valence-electron chi connectivity index (χ2n) is 4.28. The van der Waals surface area contributed by atoms with Crippen LogP contribution in [0.3, 0.4) is 0 Å². The van der Waals surface area contributed by atoms with Crippen LogP contribution in [0.15, 0.2) is 18.2 Å². The Kier molecular flexibility index (Phi) is 5.99. The fraction of sp³-hybridized carbons (Fsp3) is 0.429. The van der Waals surface area contributed by atoms with E-state index in [0.29, 0.717) is 23.6 Å². The van der Waals surface area contributed by atoms with Gasteiger partial charge in [0.05, 0.1) is 25.9 Å². The molecule has 1 unspecified atom stereocenters. The summed E-state index contributed by atoms with van der Waals surface area (Å²) in [6.45, 7) is 1.90. The maximum absolute atomic E-state index is 11.9. The van der Waals surface area contributed by atoms with E-state index in [2.05, 4.69) is 5.32 Å². The van der Waals surface area contributed by atoms with Crippen molar-refractivity contribution in [3.05, 3.63) is 18.2 Å². The van der Waals surface area contributed by atoms with Gasteiger partial charge in [-0.15, -0.1) is 0 Å². The maximum atomic E-state index is 11.9. The molecule has 1 amide bonds. The van der Waals surface area contributed by atoms with E-state index in [-0.39, 0.29) is 0 Å². The molecule has 0 aliphatic heterocycles. The third-order valence-electron chi connectivity index (χ3n) is 2.82. The Morgan fingerprint density at radius 1 is 1.30 bits per heavy atom. The van der Waals surface area contributed by atoms with E-state index in [4.69, 9.17) is 15.2 Å². The van der Waals surface area contributed by atoms with Gasteiger partial charge in [0.2, 0.25) is 5.78 Å². The van der Waals surface area contributed by atoms with Crippen molar-refractivity contribution in [1.82, 2.24) is 0 Å². The Hall–Kier alpha value is -2.08. The molecule has 20 heavy (non-hydrogen) atoms. The third-order valence-corrected chi connectivity index (χ3v) is 2.82. The van der Waals surface area contributed by atoms with E-state index in [1.807, 2.05) is 6.92 Å². The molecule has 0 aliphatic carbocycles. The fourth-order valence-corrected chi connectivity index (χ4v) is 1.71. The Morgan fingerprint density at radius 2 is 2.00 bits per heavy atom. The Morgan fingerprint density at radius 3 is 2.55 bits per heavy atom. The minimum atomic E-state index is -0.781. The van der Waals surface area contributed by atoms with E-state index < -0.39 is 17.7 Å². The zero-order valence-corrected chi connectivity index (χ0v) is 11.9. The number of methoxy groups -OCH3 is 2. The van der Waals surface area contributed by atoms with E-state index in [1.54, 1.807) is 18.2 Å². The number of ketones is 1. The number of nitrogens with two attached hydrogens (primary N) is 1. The van der Waals surface area contributed by atoms with E-state index >= 15 is 0 Å². The summed E-state index contributed by atoms with van der Waals surface area (Å²) in [5, 5.41) is 2.50. The lowest BCUT2D eigenvalue weighted by atomic mass is 10.1. The molecule has 1 aromatic rings. The van der Waals surface area contributed by atoms with Crippen molar-refractivity contribution in [2.24, 2.45) is 5.73 Å². The fourth-order valence-electron chi connectivity index (χ4n) is 1.71. The lowest BCUT2D eigenvalue weighted by molar-refractivity contribution is -0.135. The number of amides is 1. The monoisotopic (exact) mass is 280 g/mol. The molecule has 1 atom stereocenters. The van der Waals surface area contributed by atoms with Crippen LogP contribution in [-0.2, 0) is 9.59 Å². The molecule has 0 aromatic heterocycles. The van der Waals surface area contributed by atoms with Gasteiger partial charge in [-0.1, -0.05) is 13.3 Å². The van der Waals surface area contributed by atoms with Crippen LogP contribution >= 0.6 is 0 Å². The number of carbonyl (C=O) groups excluding carboxylic acids is 2. The topological polar surface area (TPSA) is 90.7 Å². The van der Waals surface area contributed by atoms with Crippen LogP contribution in [0.2, 0.25) is 0 Å². The van der Waals surface area contributed by atoms with Crippen LogP contribution in [-0.4, -0.2) is 32.0 Å². The molecule has 0 spiro atoms. The van der Waals surface area contributed by atoms with Crippen molar-refractivity contribution in [2.45, 2.75) is 25.8 Å². The van der Waals surface area contributed by atoms with Gasteiger partial charge in [0.25, 0.3) is 5.91 Å². The molecule has 0 bridgehead atoms. The summed E-state index contributed by atoms with van der Waals surface area (Å²) < 4.78 is 10.2. The molecular formula is C14H20N2O4. The van der Waals surface area contributed by atoms with Crippen molar-refractivity contribution in [3.63, 3.8) is 0 Å². The first-order valence-corrected chi connectivity index (χ1v) is 6.36. The predicted octanol–water partition coefficient (Wildman–Crippen LogP) is 1.34. The first-order valence-electron chi connectivity index (χ1n) is 6.36. The number of Topliss-reactive ketones (excluding diaryl/α,β-unsaturated/α-hetero) is 1. The molecule has 0 heterocycles. The van der Waals surface area contributed by atoms with Gasteiger partial charge in [-0.3, -0.25) is 9.59 Å². The molecule has 6 nitrogen and oxygen atoms in total. The summed E-state index contributed by atoms with van der Waals surface area (Å²) in [4.78, 5) is 23.6. The van der Waals surface area contributed by atoms with Crippen molar-refractivity contribution in [3.8, 4) is 11.5 Å². The number of ether oxygens (including phenoxy) is 2. The number of rotatable bonds is 7. The minimum absolute atomic E-state index is 0.369. The van der Waals surface area contributed by atoms with Crippen LogP contribution in [0, 0.1) is 0 Å². The highest BCUT2D eigenvalue weighted by Crippen LogP contribution is 2.28. The lowest BCUT2D eigenvalue weighted by Crippen LogP contribution is -2.39. The Labute approximate surface area is 118 Å². The van der Waals surface area contributed by atoms with Crippen molar-refractivity contribution < 1.29 is 19.1 Å². The molecular weight excluding hydrogens is 260 g/mol. The molecule has 3 N–H and O–H groups in total. The summed E-state index contributed by atoms with van der Waals surface area (Å²) >= 11 is 0. The van der Waals surface area contributed by atoms with Crippen LogP contribution in [0.4, 0.5) is 5.69 Å². The van der Waals surface area contributed by atoms with Gasteiger partial charge >= 0.3 is 0 Å². The average Bonchev–Trinajstić information content (AvgIpc) is 2.46.